The van der Waals surface area contributed by atoms with Crippen molar-refractivity contribution >= 4 is 11.6 Å². The standard InChI is InChI=1S/C17H22N2O2/c1-5-12-9-8-10-13(6-2)16(12)18-17(20)15-11(4)21-19-14(15)7-3/h8-10H,5-7H2,1-4H3,(H,18,20). The molecule has 1 aromatic heterocycles. The maximum absolute atomic E-state index is 12.6. The van der Waals surface area contributed by atoms with Crippen molar-refractivity contribution in [3.05, 3.63) is 46.3 Å². The number of para-hydroxylation sites is 1. The number of nitrogens with one attached hydrogen (secondary N) is 1. The molecule has 0 unspecified atom stereocenters. The lowest BCUT2D eigenvalue weighted by Gasteiger charge is -2.14. The van der Waals surface area contributed by atoms with E-state index in [1.807, 2.05) is 13.0 Å². The highest BCUT2D eigenvalue weighted by molar-refractivity contribution is 6.06. The van der Waals surface area contributed by atoms with Crippen LogP contribution in [-0.4, -0.2) is 11.1 Å². The number of amides is 1. The second-order valence-electron chi connectivity index (χ2n) is 5.03. The zero-order chi connectivity index (χ0) is 15.4. The van der Waals surface area contributed by atoms with Crippen LogP contribution in [0.1, 0.15) is 53.7 Å². The van der Waals surface area contributed by atoms with Gasteiger partial charge in [-0.2, -0.15) is 0 Å². The molecule has 0 saturated heterocycles. The number of carbonyl (C=O) groups excluding carboxylic acids is 1. The Morgan fingerprint density at radius 2 is 1.76 bits per heavy atom. The number of anilines is 1. The number of aryl methyl sites for hydroxylation is 4. The average Bonchev–Trinajstić information content (AvgIpc) is 2.88. The van der Waals surface area contributed by atoms with Gasteiger partial charge < -0.3 is 9.84 Å². The van der Waals surface area contributed by atoms with E-state index in [0.717, 1.165) is 29.7 Å². The molecule has 1 heterocycles. The Kier molecular flexibility index (Phi) is 4.78. The minimum atomic E-state index is -0.138. The zero-order valence-electron chi connectivity index (χ0n) is 13.1. The molecule has 0 saturated carbocycles. The Morgan fingerprint density at radius 1 is 1.14 bits per heavy atom. The number of nitrogens with zero attached hydrogens (tertiary/aromatic N) is 1. The summed E-state index contributed by atoms with van der Waals surface area (Å²) in [5, 5.41) is 7.01. The van der Waals surface area contributed by atoms with Crippen LogP contribution < -0.4 is 5.32 Å². The molecule has 0 aliphatic heterocycles. The van der Waals surface area contributed by atoms with Crippen molar-refractivity contribution in [2.45, 2.75) is 47.0 Å². The molecule has 2 rings (SSSR count). The first kappa shape index (κ1) is 15.3. The minimum Gasteiger partial charge on any atom is -0.361 e. The summed E-state index contributed by atoms with van der Waals surface area (Å²) in [6.07, 6.45) is 2.44. The molecular weight excluding hydrogens is 264 g/mol. The second kappa shape index (κ2) is 6.57. The molecule has 4 nitrogen and oxygen atoms in total. The smallest absolute Gasteiger partial charge is 0.261 e. The maximum atomic E-state index is 12.6. The van der Waals surface area contributed by atoms with E-state index in [0.29, 0.717) is 23.4 Å². The molecule has 0 atom stereocenters. The van der Waals surface area contributed by atoms with Gasteiger partial charge in [-0.15, -0.1) is 0 Å². The summed E-state index contributed by atoms with van der Waals surface area (Å²) in [7, 11) is 0. The molecule has 0 spiro atoms. The summed E-state index contributed by atoms with van der Waals surface area (Å²) >= 11 is 0. The molecule has 4 heteroatoms. The van der Waals surface area contributed by atoms with Crippen LogP contribution in [0, 0.1) is 6.92 Å². The molecule has 0 fully saturated rings. The Bertz CT molecular complexity index is 622. The first-order valence-corrected chi connectivity index (χ1v) is 7.49. The lowest BCUT2D eigenvalue weighted by atomic mass is 10.0. The summed E-state index contributed by atoms with van der Waals surface area (Å²) < 4.78 is 5.15. The fraction of sp³-hybridized carbons (Fsp3) is 0.412. The van der Waals surface area contributed by atoms with E-state index in [9.17, 15) is 4.79 Å². The zero-order valence-corrected chi connectivity index (χ0v) is 13.1. The van der Waals surface area contributed by atoms with Crippen molar-refractivity contribution in [1.29, 1.82) is 0 Å². The third-order valence-corrected chi connectivity index (χ3v) is 3.73. The average molecular weight is 286 g/mol. The number of aromatic nitrogens is 1. The van der Waals surface area contributed by atoms with E-state index in [1.165, 1.54) is 0 Å². The van der Waals surface area contributed by atoms with E-state index >= 15 is 0 Å². The van der Waals surface area contributed by atoms with Crippen molar-refractivity contribution in [1.82, 2.24) is 5.16 Å². The van der Waals surface area contributed by atoms with E-state index in [4.69, 9.17) is 4.52 Å². The Hall–Kier alpha value is -2.10. The molecule has 112 valence electrons. The maximum Gasteiger partial charge on any atom is 0.261 e. The van der Waals surface area contributed by atoms with Crippen molar-refractivity contribution in [3.63, 3.8) is 0 Å². The number of hydrogen-bond acceptors (Lipinski definition) is 3. The van der Waals surface area contributed by atoms with Gasteiger partial charge in [0.15, 0.2) is 0 Å². The third kappa shape index (κ3) is 2.99. The molecule has 1 N–H and O–H groups in total. The topological polar surface area (TPSA) is 55.1 Å². The van der Waals surface area contributed by atoms with Crippen LogP contribution in [-0.2, 0) is 19.3 Å². The van der Waals surface area contributed by atoms with Gasteiger partial charge >= 0.3 is 0 Å². The van der Waals surface area contributed by atoms with Crippen LogP contribution in [0.2, 0.25) is 0 Å². The fourth-order valence-corrected chi connectivity index (χ4v) is 2.53. The number of rotatable bonds is 5. The van der Waals surface area contributed by atoms with Crippen molar-refractivity contribution in [3.8, 4) is 0 Å². The monoisotopic (exact) mass is 286 g/mol. The predicted octanol–water partition coefficient (Wildman–Crippen LogP) is 3.92. The highest BCUT2D eigenvalue weighted by Gasteiger charge is 2.20. The van der Waals surface area contributed by atoms with Crippen molar-refractivity contribution in [2.75, 3.05) is 5.32 Å². The highest BCUT2D eigenvalue weighted by Crippen LogP contribution is 2.24. The largest absolute Gasteiger partial charge is 0.361 e. The SMILES string of the molecule is CCc1cccc(CC)c1NC(=O)c1c(CC)noc1C. The first-order valence-electron chi connectivity index (χ1n) is 7.49. The van der Waals surface area contributed by atoms with Gasteiger partial charge in [-0.3, -0.25) is 4.79 Å². The second-order valence-corrected chi connectivity index (χ2v) is 5.03. The van der Waals surface area contributed by atoms with Gasteiger partial charge in [0, 0.05) is 5.69 Å². The van der Waals surface area contributed by atoms with Crippen LogP contribution in [0.3, 0.4) is 0 Å². The number of benzene rings is 1. The van der Waals surface area contributed by atoms with Gasteiger partial charge in [0.05, 0.1) is 5.69 Å². The van der Waals surface area contributed by atoms with E-state index in [-0.39, 0.29) is 5.91 Å². The molecule has 2 aromatic rings. The molecule has 0 aliphatic rings. The van der Waals surface area contributed by atoms with Crippen molar-refractivity contribution in [2.24, 2.45) is 0 Å². The summed E-state index contributed by atoms with van der Waals surface area (Å²) in [4.78, 5) is 12.6. The molecule has 0 radical (unpaired) electrons. The lowest BCUT2D eigenvalue weighted by Crippen LogP contribution is -2.16. The van der Waals surface area contributed by atoms with Gasteiger partial charge in [-0.05, 0) is 37.3 Å². The first-order chi connectivity index (χ1) is 10.1. The normalized spacial score (nSPS) is 10.7. The van der Waals surface area contributed by atoms with Gasteiger partial charge in [0.2, 0.25) is 0 Å². The van der Waals surface area contributed by atoms with Crippen LogP contribution in [0.15, 0.2) is 22.7 Å². The molecule has 0 aliphatic carbocycles. The molecule has 1 amide bonds. The third-order valence-electron chi connectivity index (χ3n) is 3.73. The summed E-state index contributed by atoms with van der Waals surface area (Å²) in [6.45, 7) is 7.91. The summed E-state index contributed by atoms with van der Waals surface area (Å²) in [5.74, 6) is 0.428. The van der Waals surface area contributed by atoms with E-state index < -0.39 is 0 Å². The van der Waals surface area contributed by atoms with Gasteiger partial charge in [0.1, 0.15) is 11.3 Å². The van der Waals surface area contributed by atoms with Gasteiger partial charge in [-0.1, -0.05) is 44.1 Å². The Morgan fingerprint density at radius 3 is 2.29 bits per heavy atom. The molecular formula is C17H22N2O2. The van der Waals surface area contributed by atoms with E-state index in [2.05, 4.69) is 36.5 Å². The summed E-state index contributed by atoms with van der Waals surface area (Å²) in [5.41, 5.74) is 4.49. The van der Waals surface area contributed by atoms with Gasteiger partial charge in [-0.25, -0.2) is 0 Å². The van der Waals surface area contributed by atoms with Crippen LogP contribution in [0.5, 0.6) is 0 Å². The highest BCUT2D eigenvalue weighted by atomic mass is 16.5. The minimum absolute atomic E-state index is 0.138. The lowest BCUT2D eigenvalue weighted by molar-refractivity contribution is 0.102. The molecule has 21 heavy (non-hydrogen) atoms. The predicted molar refractivity (Wildman–Crippen MR) is 83.8 cm³/mol. The molecule has 0 bridgehead atoms. The van der Waals surface area contributed by atoms with Crippen molar-refractivity contribution < 1.29 is 9.32 Å². The van der Waals surface area contributed by atoms with Crippen LogP contribution in [0.25, 0.3) is 0 Å². The van der Waals surface area contributed by atoms with E-state index in [1.54, 1.807) is 6.92 Å². The number of carbonyl (C=O) groups is 1. The quantitative estimate of drug-likeness (QED) is 0.906. The van der Waals surface area contributed by atoms with Crippen LogP contribution >= 0.6 is 0 Å². The van der Waals surface area contributed by atoms with Gasteiger partial charge in [0.25, 0.3) is 5.91 Å². The summed E-state index contributed by atoms with van der Waals surface area (Å²) in [6, 6.07) is 6.14. The Balaban J connectivity index is 2.38. The molecule has 1 aromatic carbocycles. The van der Waals surface area contributed by atoms with Crippen LogP contribution in [0.4, 0.5) is 5.69 Å². The Labute approximate surface area is 125 Å². The number of hydrogen-bond donors (Lipinski definition) is 1. The fourth-order valence-electron chi connectivity index (χ4n) is 2.53.